The maximum absolute atomic E-state index is 12.5. The van der Waals surface area contributed by atoms with Gasteiger partial charge in [-0.15, -0.1) is 10.2 Å². The molecule has 8 heteroatoms. The number of nitrogens with zero attached hydrogens (tertiary/aromatic N) is 4. The lowest BCUT2D eigenvalue weighted by atomic mass is 10.2. The highest BCUT2D eigenvalue weighted by molar-refractivity contribution is 7.99. The summed E-state index contributed by atoms with van der Waals surface area (Å²) in [6.45, 7) is 4.13. The Hall–Kier alpha value is -1.90. The van der Waals surface area contributed by atoms with Crippen LogP contribution in [0.15, 0.2) is 35.7 Å². The molecule has 0 fully saturated rings. The molecule has 2 aromatic rings. The Morgan fingerprint density at radius 2 is 1.80 bits per heavy atom. The van der Waals surface area contributed by atoms with E-state index in [1.807, 2.05) is 35.8 Å². The summed E-state index contributed by atoms with van der Waals surface area (Å²) < 4.78 is 12.0. The molecule has 0 aliphatic rings. The number of carbonyl (C=O) groups is 1. The highest BCUT2D eigenvalue weighted by Gasteiger charge is 2.16. The highest BCUT2D eigenvalue weighted by atomic mass is 32.2. The zero-order valence-corrected chi connectivity index (χ0v) is 15.7. The lowest BCUT2D eigenvalue weighted by molar-refractivity contribution is -0.129. The van der Waals surface area contributed by atoms with Crippen molar-refractivity contribution in [3.8, 4) is 5.69 Å². The first-order valence-corrected chi connectivity index (χ1v) is 8.99. The molecule has 0 saturated carbocycles. The molecule has 0 atom stereocenters. The van der Waals surface area contributed by atoms with Crippen LogP contribution in [0.2, 0.25) is 0 Å². The Kier molecular flexibility index (Phi) is 7.90. The third-order valence-electron chi connectivity index (χ3n) is 3.64. The van der Waals surface area contributed by atoms with E-state index in [0.29, 0.717) is 31.5 Å². The minimum absolute atomic E-state index is 0.0255. The normalized spacial score (nSPS) is 10.8. The molecule has 0 radical (unpaired) electrons. The first kappa shape index (κ1) is 19.4. The summed E-state index contributed by atoms with van der Waals surface area (Å²) in [5.41, 5.74) is 2.16. The molecule has 7 nitrogen and oxygen atoms in total. The van der Waals surface area contributed by atoms with Crippen LogP contribution < -0.4 is 0 Å². The van der Waals surface area contributed by atoms with Crippen LogP contribution in [0.1, 0.15) is 5.56 Å². The maximum Gasteiger partial charge on any atom is 0.233 e. The SMILES string of the molecule is COCCN(CCOC)C(=O)CSc1nncn1-c1ccc(C)cc1. The summed E-state index contributed by atoms with van der Waals surface area (Å²) in [5, 5.41) is 8.79. The molecule has 0 spiro atoms. The first-order chi connectivity index (χ1) is 12.2. The number of carbonyl (C=O) groups excluding carboxylic acids is 1. The Labute approximate surface area is 152 Å². The number of aryl methyl sites for hydroxylation is 1. The summed E-state index contributed by atoms with van der Waals surface area (Å²) >= 11 is 1.37. The van der Waals surface area contributed by atoms with Gasteiger partial charge in [-0.2, -0.15) is 0 Å². The molecule has 0 aliphatic heterocycles. The molecule has 0 aliphatic carbocycles. The number of amides is 1. The van der Waals surface area contributed by atoms with Crippen LogP contribution in [0.25, 0.3) is 5.69 Å². The van der Waals surface area contributed by atoms with Crippen molar-refractivity contribution in [2.45, 2.75) is 12.1 Å². The molecule has 0 N–H and O–H groups in total. The second-order valence-corrected chi connectivity index (χ2v) is 6.42. The van der Waals surface area contributed by atoms with Crippen LogP contribution in [-0.2, 0) is 14.3 Å². The summed E-state index contributed by atoms with van der Waals surface area (Å²) in [7, 11) is 3.25. The van der Waals surface area contributed by atoms with E-state index in [2.05, 4.69) is 10.2 Å². The fraction of sp³-hybridized carbons (Fsp3) is 0.471. The van der Waals surface area contributed by atoms with Gasteiger partial charge in [0.15, 0.2) is 5.16 Å². The van der Waals surface area contributed by atoms with Gasteiger partial charge in [-0.3, -0.25) is 9.36 Å². The van der Waals surface area contributed by atoms with Crippen molar-refractivity contribution in [1.82, 2.24) is 19.7 Å². The van der Waals surface area contributed by atoms with Crippen molar-refractivity contribution in [2.24, 2.45) is 0 Å². The van der Waals surface area contributed by atoms with E-state index >= 15 is 0 Å². The largest absolute Gasteiger partial charge is 0.383 e. The van der Waals surface area contributed by atoms with Crippen molar-refractivity contribution in [3.05, 3.63) is 36.2 Å². The summed E-state index contributed by atoms with van der Waals surface area (Å²) in [5.74, 6) is 0.315. The number of rotatable bonds is 10. The lowest BCUT2D eigenvalue weighted by Gasteiger charge is -2.21. The van der Waals surface area contributed by atoms with Crippen LogP contribution in [0.4, 0.5) is 0 Å². The van der Waals surface area contributed by atoms with E-state index in [4.69, 9.17) is 9.47 Å². The van der Waals surface area contributed by atoms with E-state index in [1.54, 1.807) is 25.4 Å². The van der Waals surface area contributed by atoms with Crippen LogP contribution >= 0.6 is 11.8 Å². The molecule has 1 amide bonds. The van der Waals surface area contributed by atoms with E-state index in [-0.39, 0.29) is 11.7 Å². The highest BCUT2D eigenvalue weighted by Crippen LogP contribution is 2.20. The third kappa shape index (κ3) is 5.84. The second-order valence-electron chi connectivity index (χ2n) is 5.47. The van der Waals surface area contributed by atoms with Gasteiger partial charge in [-0.25, -0.2) is 0 Å². The summed E-state index contributed by atoms with van der Waals surface area (Å²) in [4.78, 5) is 14.2. The Balaban J connectivity index is 1.99. The fourth-order valence-corrected chi connectivity index (χ4v) is 3.02. The number of benzene rings is 1. The van der Waals surface area contributed by atoms with Gasteiger partial charge in [0.25, 0.3) is 0 Å². The lowest BCUT2D eigenvalue weighted by Crippen LogP contribution is -2.37. The maximum atomic E-state index is 12.5. The molecule has 1 aromatic heterocycles. The first-order valence-electron chi connectivity index (χ1n) is 8.01. The van der Waals surface area contributed by atoms with Crippen LogP contribution in [0, 0.1) is 6.92 Å². The predicted molar refractivity (Wildman–Crippen MR) is 97.2 cm³/mol. The van der Waals surface area contributed by atoms with E-state index < -0.39 is 0 Å². The van der Waals surface area contributed by atoms with Gasteiger partial charge in [0.05, 0.1) is 19.0 Å². The molecule has 0 saturated heterocycles. The van der Waals surface area contributed by atoms with Gasteiger partial charge < -0.3 is 14.4 Å². The number of thioether (sulfide) groups is 1. The molecule has 136 valence electrons. The average Bonchev–Trinajstić information content (AvgIpc) is 3.09. The van der Waals surface area contributed by atoms with Crippen molar-refractivity contribution in [2.75, 3.05) is 46.3 Å². The van der Waals surface area contributed by atoms with Gasteiger partial charge in [-0.05, 0) is 19.1 Å². The standard InChI is InChI=1S/C17H24N4O3S/c1-14-4-6-15(7-5-14)21-13-18-19-17(21)25-12-16(22)20(8-10-23-2)9-11-24-3/h4-7,13H,8-12H2,1-3H3. The molecule has 25 heavy (non-hydrogen) atoms. The predicted octanol–water partition coefficient (Wildman–Crippen LogP) is 1.79. The smallest absolute Gasteiger partial charge is 0.233 e. The third-order valence-corrected chi connectivity index (χ3v) is 4.56. The molecular formula is C17H24N4O3S. The zero-order chi connectivity index (χ0) is 18.1. The van der Waals surface area contributed by atoms with E-state index in [9.17, 15) is 4.79 Å². The fourth-order valence-electron chi connectivity index (χ4n) is 2.19. The van der Waals surface area contributed by atoms with E-state index in [1.165, 1.54) is 17.3 Å². The monoisotopic (exact) mass is 364 g/mol. The van der Waals surface area contributed by atoms with Crippen LogP contribution in [0.3, 0.4) is 0 Å². The molecule has 0 unspecified atom stereocenters. The molecule has 2 rings (SSSR count). The number of hydrogen-bond donors (Lipinski definition) is 0. The molecular weight excluding hydrogens is 340 g/mol. The van der Waals surface area contributed by atoms with Gasteiger partial charge >= 0.3 is 0 Å². The summed E-state index contributed by atoms with van der Waals surface area (Å²) in [6, 6.07) is 8.08. The van der Waals surface area contributed by atoms with Gasteiger partial charge in [0, 0.05) is 33.0 Å². The van der Waals surface area contributed by atoms with Crippen molar-refractivity contribution < 1.29 is 14.3 Å². The summed E-state index contributed by atoms with van der Waals surface area (Å²) in [6.07, 6.45) is 1.66. The van der Waals surface area contributed by atoms with Gasteiger partial charge in [0.2, 0.25) is 5.91 Å². The van der Waals surface area contributed by atoms with Gasteiger partial charge in [-0.1, -0.05) is 29.5 Å². The topological polar surface area (TPSA) is 69.5 Å². The Morgan fingerprint density at radius 3 is 2.40 bits per heavy atom. The van der Waals surface area contributed by atoms with E-state index in [0.717, 1.165) is 5.69 Å². The van der Waals surface area contributed by atoms with Crippen molar-refractivity contribution >= 4 is 17.7 Å². The number of aromatic nitrogens is 3. The minimum Gasteiger partial charge on any atom is -0.383 e. The molecule has 1 aromatic carbocycles. The van der Waals surface area contributed by atoms with Crippen LogP contribution in [-0.4, -0.2) is 71.8 Å². The minimum atomic E-state index is 0.0255. The number of hydrogen-bond acceptors (Lipinski definition) is 6. The van der Waals surface area contributed by atoms with Gasteiger partial charge in [0.1, 0.15) is 6.33 Å². The number of ether oxygens (including phenoxy) is 2. The zero-order valence-electron chi connectivity index (χ0n) is 14.8. The molecule has 1 heterocycles. The number of methoxy groups -OCH3 is 2. The average molecular weight is 364 g/mol. The Morgan fingerprint density at radius 1 is 1.16 bits per heavy atom. The quantitative estimate of drug-likeness (QED) is 0.599. The second kappa shape index (κ2) is 10.2. The molecule has 0 bridgehead atoms. The van der Waals surface area contributed by atoms with Crippen molar-refractivity contribution in [3.63, 3.8) is 0 Å². The van der Waals surface area contributed by atoms with Crippen LogP contribution in [0.5, 0.6) is 0 Å². The Bertz CT molecular complexity index is 652. The van der Waals surface area contributed by atoms with Crippen molar-refractivity contribution in [1.29, 1.82) is 0 Å².